The molecular formula is C20H27N3O3. The van der Waals surface area contributed by atoms with Gasteiger partial charge in [-0.2, -0.15) is 0 Å². The van der Waals surface area contributed by atoms with Crippen LogP contribution in [-0.2, 0) is 6.54 Å². The Labute approximate surface area is 154 Å². The van der Waals surface area contributed by atoms with Gasteiger partial charge in [0.2, 0.25) is 5.89 Å². The minimum Gasteiger partial charge on any atom is -0.446 e. The Balaban J connectivity index is 2.14. The molecule has 0 saturated heterocycles. The van der Waals surface area contributed by atoms with E-state index in [0.29, 0.717) is 11.5 Å². The summed E-state index contributed by atoms with van der Waals surface area (Å²) in [5.74, 6) is 0.00599. The van der Waals surface area contributed by atoms with E-state index in [1.807, 2.05) is 45.9 Å². The number of amides is 2. The molecule has 0 aliphatic heterocycles. The number of aromatic nitrogens is 1. The Morgan fingerprint density at radius 1 is 1.15 bits per heavy atom. The van der Waals surface area contributed by atoms with Gasteiger partial charge in [-0.05, 0) is 38.8 Å². The van der Waals surface area contributed by atoms with Gasteiger partial charge in [-0.25, -0.2) is 4.98 Å². The molecule has 0 spiro atoms. The van der Waals surface area contributed by atoms with Crippen LogP contribution in [0.2, 0.25) is 0 Å². The van der Waals surface area contributed by atoms with Gasteiger partial charge in [-0.1, -0.05) is 32.0 Å². The lowest BCUT2D eigenvalue weighted by molar-refractivity contribution is 0.0652. The maximum Gasteiger partial charge on any atom is 0.273 e. The Hall–Kier alpha value is -2.63. The normalized spacial score (nSPS) is 13.1. The van der Waals surface area contributed by atoms with Crippen molar-refractivity contribution in [1.82, 2.24) is 15.2 Å². The summed E-state index contributed by atoms with van der Waals surface area (Å²) in [5, 5.41) is 2.85. The number of oxazole rings is 1. The molecule has 0 aliphatic carbocycles. The molecule has 0 bridgehead atoms. The summed E-state index contributed by atoms with van der Waals surface area (Å²) < 4.78 is 5.45. The summed E-state index contributed by atoms with van der Waals surface area (Å²) in [6.45, 7) is 8.16. The third-order valence-electron chi connectivity index (χ3n) is 4.48. The van der Waals surface area contributed by atoms with Crippen molar-refractivity contribution in [2.75, 3.05) is 0 Å². The largest absolute Gasteiger partial charge is 0.446 e. The molecule has 1 aromatic heterocycles. The van der Waals surface area contributed by atoms with Crippen LogP contribution in [0, 0.1) is 0 Å². The van der Waals surface area contributed by atoms with Crippen LogP contribution in [0.3, 0.4) is 0 Å². The van der Waals surface area contributed by atoms with Crippen molar-refractivity contribution < 1.29 is 14.0 Å². The number of rotatable bonds is 8. The minimum atomic E-state index is -0.265. The van der Waals surface area contributed by atoms with Crippen LogP contribution in [0.4, 0.5) is 0 Å². The maximum absolute atomic E-state index is 12.9. The third-order valence-corrected chi connectivity index (χ3v) is 4.48. The number of hydrogen-bond acceptors (Lipinski definition) is 4. The van der Waals surface area contributed by atoms with Crippen molar-refractivity contribution in [3.8, 4) is 0 Å². The number of nitrogens with one attached hydrogen (secondary N) is 1. The zero-order chi connectivity index (χ0) is 19.1. The molecule has 26 heavy (non-hydrogen) atoms. The average molecular weight is 357 g/mol. The number of hydrogen-bond donors (Lipinski definition) is 1. The van der Waals surface area contributed by atoms with E-state index in [2.05, 4.69) is 10.3 Å². The molecule has 2 rings (SSSR count). The smallest absolute Gasteiger partial charge is 0.273 e. The summed E-state index contributed by atoms with van der Waals surface area (Å²) in [6, 6.07) is 9.22. The van der Waals surface area contributed by atoms with Crippen molar-refractivity contribution in [3.63, 3.8) is 0 Å². The van der Waals surface area contributed by atoms with Crippen molar-refractivity contribution >= 4 is 11.8 Å². The quantitative estimate of drug-likeness (QED) is 0.782. The van der Waals surface area contributed by atoms with Gasteiger partial charge in [0.25, 0.3) is 11.8 Å². The Morgan fingerprint density at radius 2 is 1.85 bits per heavy atom. The second-order valence-electron chi connectivity index (χ2n) is 6.47. The van der Waals surface area contributed by atoms with Gasteiger partial charge in [0.15, 0.2) is 5.69 Å². The third kappa shape index (κ3) is 4.94. The first kappa shape index (κ1) is 19.7. The van der Waals surface area contributed by atoms with E-state index in [9.17, 15) is 9.59 Å². The Kier molecular flexibility index (Phi) is 6.95. The highest BCUT2D eigenvalue weighted by atomic mass is 16.3. The van der Waals surface area contributed by atoms with Gasteiger partial charge in [0.05, 0.1) is 6.54 Å². The second-order valence-corrected chi connectivity index (χ2v) is 6.47. The number of carbonyl (C=O) groups excluding carboxylic acids is 2. The maximum atomic E-state index is 12.9. The lowest BCUT2D eigenvalue weighted by Gasteiger charge is -2.27. The van der Waals surface area contributed by atoms with E-state index in [-0.39, 0.29) is 36.1 Å². The molecule has 0 fully saturated rings. The van der Waals surface area contributed by atoms with E-state index >= 15 is 0 Å². The summed E-state index contributed by atoms with van der Waals surface area (Å²) in [7, 11) is 0. The molecule has 0 aliphatic rings. The summed E-state index contributed by atoms with van der Waals surface area (Å²) in [4.78, 5) is 31.0. The lowest BCUT2D eigenvalue weighted by Crippen LogP contribution is -2.38. The zero-order valence-corrected chi connectivity index (χ0v) is 15.9. The van der Waals surface area contributed by atoms with E-state index in [0.717, 1.165) is 12.8 Å². The van der Waals surface area contributed by atoms with Crippen LogP contribution in [0.15, 0.2) is 41.0 Å². The topological polar surface area (TPSA) is 75.4 Å². The first-order chi connectivity index (χ1) is 12.5. The second kappa shape index (κ2) is 9.17. The van der Waals surface area contributed by atoms with Gasteiger partial charge in [0.1, 0.15) is 6.26 Å². The van der Waals surface area contributed by atoms with Crippen LogP contribution in [-0.4, -0.2) is 33.8 Å². The predicted octanol–water partition coefficient (Wildman–Crippen LogP) is 3.64. The number of benzene rings is 1. The standard InChI is InChI=1S/C20H27N3O3/c1-5-14(3)21-19(24)17-13-26-18(22-17)12-23(15(4)6-2)20(25)16-10-8-7-9-11-16/h7-11,13-15H,5-6,12H2,1-4H3,(H,21,24)/t14-,15-/m0/s1. The van der Waals surface area contributed by atoms with E-state index in [1.54, 1.807) is 17.0 Å². The molecule has 140 valence electrons. The van der Waals surface area contributed by atoms with Gasteiger partial charge in [-0.3, -0.25) is 9.59 Å². The van der Waals surface area contributed by atoms with Crippen LogP contribution >= 0.6 is 0 Å². The van der Waals surface area contributed by atoms with E-state index in [4.69, 9.17) is 4.42 Å². The molecule has 0 unspecified atom stereocenters. The Morgan fingerprint density at radius 3 is 2.46 bits per heavy atom. The minimum absolute atomic E-state index is 0.0204. The van der Waals surface area contributed by atoms with Gasteiger partial charge < -0.3 is 14.6 Å². The van der Waals surface area contributed by atoms with Crippen molar-refractivity contribution in [1.29, 1.82) is 0 Å². The highest BCUT2D eigenvalue weighted by molar-refractivity contribution is 5.94. The monoisotopic (exact) mass is 357 g/mol. The van der Waals surface area contributed by atoms with Gasteiger partial charge in [-0.15, -0.1) is 0 Å². The van der Waals surface area contributed by atoms with Crippen LogP contribution in [0.25, 0.3) is 0 Å². The molecule has 2 aromatic rings. The molecule has 0 saturated carbocycles. The molecule has 6 heteroatoms. The molecule has 2 atom stereocenters. The lowest BCUT2D eigenvalue weighted by atomic mass is 10.1. The average Bonchev–Trinajstić information content (AvgIpc) is 3.14. The SMILES string of the molecule is CC[C@H](C)NC(=O)c1coc(CN(C(=O)c2ccccc2)[C@@H](C)CC)n1. The fourth-order valence-corrected chi connectivity index (χ4v) is 2.43. The molecule has 1 N–H and O–H groups in total. The van der Waals surface area contributed by atoms with Crippen molar-refractivity contribution in [3.05, 3.63) is 53.7 Å². The predicted molar refractivity (Wildman–Crippen MR) is 99.8 cm³/mol. The molecule has 1 heterocycles. The molecule has 1 aromatic carbocycles. The first-order valence-corrected chi connectivity index (χ1v) is 9.07. The van der Waals surface area contributed by atoms with Crippen LogP contribution < -0.4 is 5.32 Å². The first-order valence-electron chi connectivity index (χ1n) is 9.07. The summed E-state index contributed by atoms with van der Waals surface area (Å²) in [5.41, 5.74) is 0.852. The number of nitrogens with zero attached hydrogens (tertiary/aromatic N) is 2. The van der Waals surface area contributed by atoms with Crippen LogP contribution in [0.1, 0.15) is 67.3 Å². The highest BCUT2D eigenvalue weighted by Gasteiger charge is 2.23. The molecular weight excluding hydrogens is 330 g/mol. The molecule has 2 amide bonds. The van der Waals surface area contributed by atoms with Crippen LogP contribution in [0.5, 0.6) is 0 Å². The van der Waals surface area contributed by atoms with Crippen molar-refractivity contribution in [2.45, 2.75) is 59.2 Å². The molecule has 0 radical (unpaired) electrons. The van der Waals surface area contributed by atoms with Gasteiger partial charge in [0, 0.05) is 17.6 Å². The summed E-state index contributed by atoms with van der Waals surface area (Å²) >= 11 is 0. The van der Waals surface area contributed by atoms with Crippen molar-refractivity contribution in [2.24, 2.45) is 0 Å². The highest BCUT2D eigenvalue weighted by Crippen LogP contribution is 2.15. The molecule has 6 nitrogen and oxygen atoms in total. The zero-order valence-electron chi connectivity index (χ0n) is 15.9. The van der Waals surface area contributed by atoms with E-state index in [1.165, 1.54) is 6.26 Å². The fourth-order valence-electron chi connectivity index (χ4n) is 2.43. The van der Waals surface area contributed by atoms with Gasteiger partial charge >= 0.3 is 0 Å². The van der Waals surface area contributed by atoms with E-state index < -0.39 is 0 Å². The summed E-state index contributed by atoms with van der Waals surface area (Å²) in [6.07, 6.45) is 2.99. The number of carbonyl (C=O) groups is 2. The Bertz CT molecular complexity index is 727. The fraction of sp³-hybridized carbons (Fsp3) is 0.450.